The Balaban J connectivity index is 1.27. The topological polar surface area (TPSA) is 54.3 Å². The van der Waals surface area contributed by atoms with Crippen LogP contribution in [0.3, 0.4) is 0 Å². The van der Waals surface area contributed by atoms with E-state index in [2.05, 4.69) is 21.0 Å². The first-order valence-electron chi connectivity index (χ1n) is 10.8. The number of halogens is 2. The molecule has 33 heavy (non-hydrogen) atoms. The van der Waals surface area contributed by atoms with Gasteiger partial charge >= 0.3 is 0 Å². The van der Waals surface area contributed by atoms with E-state index in [1.165, 1.54) is 6.07 Å². The zero-order valence-corrected chi connectivity index (χ0v) is 19.7. The summed E-state index contributed by atoms with van der Waals surface area (Å²) in [5.41, 5.74) is 3.18. The highest BCUT2D eigenvalue weighted by Gasteiger charge is 2.24. The molecule has 0 N–H and O–H groups in total. The van der Waals surface area contributed by atoms with Gasteiger partial charge in [0.1, 0.15) is 12.4 Å². The lowest BCUT2D eigenvalue weighted by atomic mass is 10.1. The van der Waals surface area contributed by atoms with Gasteiger partial charge in [0.05, 0.1) is 11.1 Å². The van der Waals surface area contributed by atoms with Gasteiger partial charge in [-0.15, -0.1) is 11.3 Å². The number of carbonyl (C=O) groups excluding carboxylic acids is 1. The highest BCUT2D eigenvalue weighted by atomic mass is 35.5. The van der Waals surface area contributed by atoms with Crippen molar-refractivity contribution >= 4 is 39.9 Å². The van der Waals surface area contributed by atoms with Crippen LogP contribution in [0.2, 0.25) is 5.02 Å². The second-order valence-corrected chi connectivity index (χ2v) is 9.49. The van der Waals surface area contributed by atoms with Gasteiger partial charge in [0.15, 0.2) is 5.65 Å². The van der Waals surface area contributed by atoms with Crippen LogP contribution in [-0.4, -0.2) is 56.7 Å². The van der Waals surface area contributed by atoms with E-state index in [4.69, 9.17) is 11.6 Å². The monoisotopic (exact) mass is 483 g/mol. The van der Waals surface area contributed by atoms with Crippen molar-refractivity contribution in [3.8, 4) is 10.4 Å². The molecule has 9 heteroatoms. The van der Waals surface area contributed by atoms with Gasteiger partial charge in [0.2, 0.25) is 5.91 Å². The highest BCUT2D eigenvalue weighted by molar-refractivity contribution is 7.13. The third-order valence-electron chi connectivity index (χ3n) is 6.05. The minimum Gasteiger partial charge on any atom is -0.339 e. The van der Waals surface area contributed by atoms with Crippen molar-refractivity contribution in [1.82, 2.24) is 24.6 Å². The van der Waals surface area contributed by atoms with Crippen LogP contribution < -0.4 is 0 Å². The third-order valence-corrected chi connectivity index (χ3v) is 7.31. The Kier molecular flexibility index (Phi) is 6.14. The maximum absolute atomic E-state index is 14.1. The number of hydrogen-bond donors (Lipinski definition) is 0. The van der Waals surface area contributed by atoms with Crippen LogP contribution in [0.25, 0.3) is 21.5 Å². The van der Waals surface area contributed by atoms with Crippen molar-refractivity contribution in [1.29, 1.82) is 0 Å². The van der Waals surface area contributed by atoms with E-state index in [0.29, 0.717) is 43.3 Å². The van der Waals surface area contributed by atoms with Crippen LogP contribution in [0.15, 0.2) is 48.0 Å². The minimum atomic E-state index is -0.295. The molecular weight excluding hydrogens is 461 g/mol. The molecule has 170 valence electrons. The lowest BCUT2D eigenvalue weighted by molar-refractivity contribution is -0.133. The number of hydrogen-bond acceptors (Lipinski definition) is 5. The summed E-state index contributed by atoms with van der Waals surface area (Å²) < 4.78 is 15.8. The van der Waals surface area contributed by atoms with Crippen LogP contribution in [0.4, 0.5) is 4.39 Å². The number of piperazine rings is 1. The Bertz CT molecular complexity index is 1280. The molecule has 1 aromatic carbocycles. The van der Waals surface area contributed by atoms with Crippen LogP contribution in [0.1, 0.15) is 11.3 Å². The van der Waals surface area contributed by atoms with Gasteiger partial charge in [-0.3, -0.25) is 9.69 Å². The summed E-state index contributed by atoms with van der Waals surface area (Å²) in [7, 11) is 0. The second-order valence-electron chi connectivity index (χ2n) is 8.13. The summed E-state index contributed by atoms with van der Waals surface area (Å²) in [5, 5.41) is 8.10. The van der Waals surface area contributed by atoms with E-state index in [0.717, 1.165) is 27.2 Å². The molecular formula is C24H23ClFN5OS. The van der Waals surface area contributed by atoms with Crippen molar-refractivity contribution < 1.29 is 9.18 Å². The molecule has 0 saturated carbocycles. The Morgan fingerprint density at radius 2 is 1.97 bits per heavy atom. The highest BCUT2D eigenvalue weighted by Crippen LogP contribution is 2.32. The maximum atomic E-state index is 14.1. The standard InChI is InChI=1S/C24H23ClFN5OS/c1-16-23-17(21-6-3-13-33-21)7-8-27-24(23)31(28-16)15-22(32)30-11-9-29(10-12-30)14-18-19(25)4-2-5-20(18)26/h2-8,13H,9-12,14-15H2,1H3. The summed E-state index contributed by atoms with van der Waals surface area (Å²) >= 11 is 7.84. The molecule has 0 atom stereocenters. The molecule has 0 aliphatic carbocycles. The molecule has 1 fully saturated rings. The predicted octanol–water partition coefficient (Wildman–Crippen LogP) is 4.61. The number of aromatic nitrogens is 3. The number of thiophene rings is 1. The minimum absolute atomic E-state index is 0.00583. The van der Waals surface area contributed by atoms with E-state index in [9.17, 15) is 9.18 Å². The van der Waals surface area contributed by atoms with E-state index in [-0.39, 0.29) is 18.3 Å². The Labute approximate surface area is 200 Å². The number of aryl methyl sites for hydroxylation is 1. The molecule has 3 aromatic heterocycles. The van der Waals surface area contributed by atoms with Crippen LogP contribution in [0, 0.1) is 12.7 Å². The number of amides is 1. The van der Waals surface area contributed by atoms with E-state index < -0.39 is 0 Å². The molecule has 4 aromatic rings. The van der Waals surface area contributed by atoms with E-state index >= 15 is 0 Å². The summed E-state index contributed by atoms with van der Waals surface area (Å²) in [6.07, 6.45) is 1.77. The Morgan fingerprint density at radius 1 is 1.15 bits per heavy atom. The lowest BCUT2D eigenvalue weighted by Crippen LogP contribution is -2.49. The molecule has 0 unspecified atom stereocenters. The second kappa shape index (κ2) is 9.21. The predicted molar refractivity (Wildman–Crippen MR) is 129 cm³/mol. The first-order valence-corrected chi connectivity index (χ1v) is 12.1. The first-order chi connectivity index (χ1) is 16.0. The molecule has 0 bridgehead atoms. The Morgan fingerprint density at radius 3 is 2.70 bits per heavy atom. The summed E-state index contributed by atoms with van der Waals surface area (Å²) in [6, 6.07) is 10.8. The average Bonchev–Trinajstić information content (AvgIpc) is 3.46. The van der Waals surface area contributed by atoms with E-state index in [1.807, 2.05) is 29.3 Å². The number of fused-ring (bicyclic) bond motifs is 1. The molecule has 4 heterocycles. The number of carbonyl (C=O) groups is 1. The van der Waals surface area contributed by atoms with Crippen LogP contribution >= 0.6 is 22.9 Å². The van der Waals surface area contributed by atoms with Gasteiger partial charge in [-0.05, 0) is 36.6 Å². The SMILES string of the molecule is Cc1nn(CC(=O)N2CCN(Cc3c(F)cccc3Cl)CC2)c2nccc(-c3cccs3)c12. The van der Waals surface area contributed by atoms with E-state index in [1.54, 1.807) is 34.3 Å². The summed E-state index contributed by atoms with van der Waals surface area (Å²) in [5.74, 6) is -0.289. The Hall–Kier alpha value is -2.81. The molecule has 5 rings (SSSR count). The number of nitrogens with zero attached hydrogens (tertiary/aromatic N) is 5. The maximum Gasteiger partial charge on any atom is 0.244 e. The number of benzene rings is 1. The normalized spacial score (nSPS) is 14.8. The van der Waals surface area contributed by atoms with Crippen LogP contribution in [0.5, 0.6) is 0 Å². The van der Waals surface area contributed by atoms with Crippen LogP contribution in [-0.2, 0) is 17.9 Å². The zero-order valence-electron chi connectivity index (χ0n) is 18.2. The largest absolute Gasteiger partial charge is 0.339 e. The summed E-state index contributed by atoms with van der Waals surface area (Å²) in [6.45, 7) is 5.02. The van der Waals surface area contributed by atoms with Crippen molar-refractivity contribution in [3.63, 3.8) is 0 Å². The van der Waals surface area contributed by atoms with Gasteiger partial charge < -0.3 is 4.90 Å². The van der Waals surface area contributed by atoms with Gasteiger partial charge in [-0.2, -0.15) is 5.10 Å². The fraction of sp³-hybridized carbons (Fsp3) is 0.292. The van der Waals surface area contributed by atoms with Gasteiger partial charge in [0, 0.05) is 59.9 Å². The van der Waals surface area contributed by atoms with Gasteiger partial charge in [-0.25, -0.2) is 14.1 Å². The molecule has 1 aliphatic heterocycles. The molecule has 0 radical (unpaired) electrons. The molecule has 0 spiro atoms. The number of rotatable bonds is 5. The molecule has 6 nitrogen and oxygen atoms in total. The molecule has 1 amide bonds. The van der Waals surface area contributed by atoms with Crippen molar-refractivity contribution in [3.05, 3.63) is 70.1 Å². The first kappa shape index (κ1) is 22.0. The molecule has 1 saturated heterocycles. The quantitative estimate of drug-likeness (QED) is 0.416. The van der Waals surface area contributed by atoms with Crippen molar-refractivity contribution in [2.75, 3.05) is 26.2 Å². The number of pyridine rings is 1. The van der Waals surface area contributed by atoms with Crippen molar-refractivity contribution in [2.24, 2.45) is 0 Å². The fourth-order valence-corrected chi connectivity index (χ4v) is 5.30. The van der Waals surface area contributed by atoms with Crippen molar-refractivity contribution in [2.45, 2.75) is 20.0 Å². The summed E-state index contributed by atoms with van der Waals surface area (Å²) in [4.78, 5) is 22.7. The average molecular weight is 484 g/mol. The fourth-order valence-electron chi connectivity index (χ4n) is 4.32. The zero-order chi connectivity index (χ0) is 22.9. The lowest BCUT2D eigenvalue weighted by Gasteiger charge is -2.35. The van der Waals surface area contributed by atoms with Gasteiger partial charge in [-0.1, -0.05) is 23.7 Å². The van der Waals surface area contributed by atoms with Gasteiger partial charge in [0.25, 0.3) is 0 Å². The third kappa shape index (κ3) is 4.38. The molecule has 1 aliphatic rings. The smallest absolute Gasteiger partial charge is 0.244 e.